The maximum atomic E-state index is 13.0. The lowest BCUT2D eigenvalue weighted by atomic mass is 10.1. The van der Waals surface area contributed by atoms with Crippen LogP contribution in [0.1, 0.15) is 15.9 Å². The Morgan fingerprint density at radius 3 is 2.43 bits per heavy atom. The van der Waals surface area contributed by atoms with Crippen LogP contribution in [0, 0.1) is 6.92 Å². The average Bonchev–Trinajstić information content (AvgIpc) is 2.71. The molecule has 0 bridgehead atoms. The summed E-state index contributed by atoms with van der Waals surface area (Å²) < 4.78 is 1.77. The Morgan fingerprint density at radius 1 is 0.964 bits per heavy atom. The van der Waals surface area contributed by atoms with Crippen LogP contribution >= 0.6 is 0 Å². The van der Waals surface area contributed by atoms with Crippen LogP contribution in [-0.4, -0.2) is 40.9 Å². The molecule has 1 aromatic heterocycles. The molecule has 3 aromatic rings. The molecule has 2 amide bonds. The first kappa shape index (κ1) is 18.0. The van der Waals surface area contributed by atoms with Gasteiger partial charge in [0.25, 0.3) is 5.91 Å². The first-order valence-electron chi connectivity index (χ1n) is 9.21. The Morgan fingerprint density at radius 2 is 1.68 bits per heavy atom. The van der Waals surface area contributed by atoms with Crippen LogP contribution in [0.2, 0.25) is 0 Å². The molecule has 1 saturated heterocycles. The molecule has 2 aromatic carbocycles. The summed E-state index contributed by atoms with van der Waals surface area (Å²) in [7, 11) is 1.81. The first-order valence-corrected chi connectivity index (χ1v) is 9.21. The van der Waals surface area contributed by atoms with Crippen LogP contribution in [-0.2, 0) is 11.8 Å². The number of piperazine rings is 1. The lowest BCUT2D eigenvalue weighted by Gasteiger charge is -2.35. The highest BCUT2D eigenvalue weighted by atomic mass is 16.2. The van der Waals surface area contributed by atoms with Gasteiger partial charge in [0.05, 0.1) is 5.52 Å². The van der Waals surface area contributed by atoms with Crippen molar-refractivity contribution >= 4 is 28.4 Å². The van der Waals surface area contributed by atoms with E-state index in [1.54, 1.807) is 34.8 Å². The number of carbonyl (C=O) groups excluding carboxylic acids is 2. The van der Waals surface area contributed by atoms with Gasteiger partial charge in [-0.1, -0.05) is 30.3 Å². The zero-order chi connectivity index (χ0) is 19.8. The van der Waals surface area contributed by atoms with Crippen LogP contribution in [0.25, 0.3) is 10.9 Å². The number of aromatic nitrogens is 1. The Labute approximate surface area is 162 Å². The maximum Gasteiger partial charge on any atom is 0.259 e. The minimum Gasteiger partial charge on any atom is -0.350 e. The number of fused-ring (bicyclic) bond motifs is 1. The highest BCUT2D eigenvalue weighted by molar-refractivity contribution is 6.03. The SMILES string of the molecule is Cc1ccccc1N1CCN(C(=O)c2cn(C)c3ccccc3c2=O)CC1=O. The summed E-state index contributed by atoms with van der Waals surface area (Å²) in [6, 6.07) is 14.9. The van der Waals surface area contributed by atoms with Gasteiger partial charge in [-0.25, -0.2) is 0 Å². The van der Waals surface area contributed by atoms with Gasteiger partial charge >= 0.3 is 0 Å². The highest BCUT2D eigenvalue weighted by Gasteiger charge is 2.30. The second-order valence-corrected chi connectivity index (χ2v) is 7.06. The van der Waals surface area contributed by atoms with Crippen LogP contribution in [0.3, 0.4) is 0 Å². The van der Waals surface area contributed by atoms with E-state index in [4.69, 9.17) is 0 Å². The third-order valence-corrected chi connectivity index (χ3v) is 5.24. The zero-order valence-corrected chi connectivity index (χ0v) is 15.9. The molecule has 0 spiro atoms. The van der Waals surface area contributed by atoms with E-state index >= 15 is 0 Å². The average molecular weight is 375 g/mol. The fraction of sp³-hybridized carbons (Fsp3) is 0.227. The molecule has 2 heterocycles. The van der Waals surface area contributed by atoms with Crippen molar-refractivity contribution in [3.05, 3.63) is 76.1 Å². The lowest BCUT2D eigenvalue weighted by molar-refractivity contribution is -0.120. The van der Waals surface area contributed by atoms with E-state index in [2.05, 4.69) is 0 Å². The monoisotopic (exact) mass is 375 g/mol. The normalized spacial score (nSPS) is 14.6. The minimum absolute atomic E-state index is 0.0385. The smallest absolute Gasteiger partial charge is 0.259 e. The number of aryl methyl sites for hydroxylation is 2. The number of nitrogens with zero attached hydrogens (tertiary/aromatic N) is 3. The highest BCUT2D eigenvalue weighted by Crippen LogP contribution is 2.22. The number of rotatable bonds is 2. The maximum absolute atomic E-state index is 13.0. The summed E-state index contributed by atoms with van der Waals surface area (Å²) >= 11 is 0. The third-order valence-electron chi connectivity index (χ3n) is 5.24. The molecular formula is C22H21N3O3. The van der Waals surface area contributed by atoms with Gasteiger partial charge in [-0.15, -0.1) is 0 Å². The van der Waals surface area contributed by atoms with E-state index in [1.165, 1.54) is 4.90 Å². The van der Waals surface area contributed by atoms with Crippen LogP contribution in [0.4, 0.5) is 5.69 Å². The Balaban J connectivity index is 1.62. The third kappa shape index (κ3) is 2.97. The topological polar surface area (TPSA) is 62.6 Å². The molecule has 0 saturated carbocycles. The van der Waals surface area contributed by atoms with Crippen LogP contribution in [0.15, 0.2) is 59.5 Å². The van der Waals surface area contributed by atoms with Crippen molar-refractivity contribution in [2.45, 2.75) is 6.92 Å². The fourth-order valence-corrected chi connectivity index (χ4v) is 3.73. The number of hydrogen-bond acceptors (Lipinski definition) is 3. The second kappa shape index (κ2) is 6.96. The van der Waals surface area contributed by atoms with E-state index < -0.39 is 5.91 Å². The largest absolute Gasteiger partial charge is 0.350 e. The van der Waals surface area contributed by atoms with Crippen LogP contribution in [0.5, 0.6) is 0 Å². The zero-order valence-electron chi connectivity index (χ0n) is 15.9. The number of anilines is 1. The van der Waals surface area contributed by atoms with Gasteiger partial charge in [0.15, 0.2) is 0 Å². The number of para-hydroxylation sites is 2. The molecule has 1 aliphatic heterocycles. The predicted molar refractivity (Wildman–Crippen MR) is 109 cm³/mol. The summed E-state index contributed by atoms with van der Waals surface area (Å²) in [6.45, 7) is 2.71. The summed E-state index contributed by atoms with van der Waals surface area (Å²) in [5, 5.41) is 0.501. The van der Waals surface area contributed by atoms with Crippen molar-refractivity contribution in [2.24, 2.45) is 7.05 Å². The number of carbonyl (C=O) groups is 2. The number of benzene rings is 2. The number of pyridine rings is 1. The van der Waals surface area contributed by atoms with E-state index in [1.807, 2.05) is 43.3 Å². The Hall–Kier alpha value is -3.41. The van der Waals surface area contributed by atoms with Gasteiger partial charge in [0.1, 0.15) is 12.1 Å². The first-order chi connectivity index (χ1) is 13.5. The molecule has 0 atom stereocenters. The van der Waals surface area contributed by atoms with E-state index in [9.17, 15) is 14.4 Å². The van der Waals surface area contributed by atoms with Gasteiger partial charge in [0, 0.05) is 37.4 Å². The van der Waals surface area contributed by atoms with Crippen molar-refractivity contribution in [3.8, 4) is 0 Å². The standard InChI is InChI=1S/C22H21N3O3/c1-15-7-3-5-9-18(15)25-12-11-24(14-20(25)26)22(28)17-13-23(2)19-10-6-4-8-16(19)21(17)27/h3-10,13H,11-12,14H2,1-2H3. The molecular weight excluding hydrogens is 354 g/mol. The Bertz CT molecular complexity index is 1150. The summed E-state index contributed by atoms with van der Waals surface area (Å²) in [6.07, 6.45) is 1.56. The molecule has 142 valence electrons. The van der Waals surface area contributed by atoms with E-state index in [0.717, 1.165) is 16.8 Å². The molecule has 6 nitrogen and oxygen atoms in total. The van der Waals surface area contributed by atoms with Crippen molar-refractivity contribution < 1.29 is 9.59 Å². The molecule has 1 aliphatic rings. The lowest BCUT2D eigenvalue weighted by Crippen LogP contribution is -2.53. The molecule has 0 aliphatic carbocycles. The van der Waals surface area contributed by atoms with Gasteiger partial charge in [-0.3, -0.25) is 14.4 Å². The summed E-state index contributed by atoms with van der Waals surface area (Å²) in [5.41, 5.74) is 2.44. The van der Waals surface area contributed by atoms with Crippen molar-refractivity contribution in [1.29, 1.82) is 0 Å². The summed E-state index contributed by atoms with van der Waals surface area (Å²) in [5.74, 6) is -0.546. The molecule has 6 heteroatoms. The molecule has 4 rings (SSSR count). The predicted octanol–water partition coefficient (Wildman–Crippen LogP) is 2.34. The van der Waals surface area contributed by atoms with Crippen molar-refractivity contribution in [1.82, 2.24) is 9.47 Å². The van der Waals surface area contributed by atoms with Crippen LogP contribution < -0.4 is 10.3 Å². The van der Waals surface area contributed by atoms with Crippen molar-refractivity contribution in [3.63, 3.8) is 0 Å². The van der Waals surface area contributed by atoms with E-state index in [0.29, 0.717) is 18.5 Å². The number of amides is 2. The van der Waals surface area contributed by atoms with Gasteiger partial charge < -0.3 is 14.4 Å². The molecule has 1 fully saturated rings. The quantitative estimate of drug-likeness (QED) is 0.691. The summed E-state index contributed by atoms with van der Waals surface area (Å²) in [4.78, 5) is 41.7. The van der Waals surface area contributed by atoms with Crippen molar-refractivity contribution in [2.75, 3.05) is 24.5 Å². The Kier molecular flexibility index (Phi) is 4.47. The molecule has 0 unspecified atom stereocenters. The fourth-order valence-electron chi connectivity index (χ4n) is 3.73. The van der Waals surface area contributed by atoms with Gasteiger partial charge in [0.2, 0.25) is 11.3 Å². The second-order valence-electron chi connectivity index (χ2n) is 7.06. The van der Waals surface area contributed by atoms with E-state index in [-0.39, 0.29) is 23.4 Å². The molecule has 0 radical (unpaired) electrons. The number of hydrogen-bond donors (Lipinski definition) is 0. The van der Waals surface area contributed by atoms with Gasteiger partial charge in [-0.2, -0.15) is 0 Å². The molecule has 28 heavy (non-hydrogen) atoms. The minimum atomic E-state index is -0.399. The van der Waals surface area contributed by atoms with Gasteiger partial charge in [-0.05, 0) is 30.7 Å². The molecule has 0 N–H and O–H groups in total.